The second-order valence-corrected chi connectivity index (χ2v) is 8.38. The zero-order valence-electron chi connectivity index (χ0n) is 17.6. The summed E-state index contributed by atoms with van der Waals surface area (Å²) in [4.78, 5) is 60.0. The van der Waals surface area contributed by atoms with E-state index in [-0.39, 0.29) is 43.5 Å². The predicted molar refractivity (Wildman–Crippen MR) is 115 cm³/mol. The Balaban J connectivity index is 1.57. The lowest BCUT2D eigenvalue weighted by Gasteiger charge is -2.23. The smallest absolute Gasteiger partial charge is 0.321 e. The van der Waals surface area contributed by atoms with Crippen molar-refractivity contribution in [3.05, 3.63) is 22.4 Å². The number of hydrogen-bond acceptors (Lipinski definition) is 7. The fourth-order valence-electron chi connectivity index (χ4n) is 3.17. The van der Waals surface area contributed by atoms with Crippen LogP contribution in [0.3, 0.4) is 0 Å². The summed E-state index contributed by atoms with van der Waals surface area (Å²) in [6, 6.07) is 2.94. The first kappa shape index (κ1) is 24.5. The van der Waals surface area contributed by atoms with Gasteiger partial charge in [0.15, 0.2) is 11.9 Å². The van der Waals surface area contributed by atoms with Gasteiger partial charge in [0.2, 0.25) is 5.91 Å². The normalized spacial score (nSPS) is 14.9. The minimum absolute atomic E-state index is 0.0285. The van der Waals surface area contributed by atoms with Crippen LogP contribution < -0.4 is 16.0 Å². The molecule has 0 aliphatic heterocycles. The van der Waals surface area contributed by atoms with E-state index in [1.54, 1.807) is 17.5 Å². The molecule has 1 heterocycles. The molecule has 9 nitrogen and oxygen atoms in total. The lowest BCUT2D eigenvalue weighted by molar-refractivity contribution is -0.154. The molecule has 1 saturated carbocycles. The van der Waals surface area contributed by atoms with E-state index in [2.05, 4.69) is 16.0 Å². The molecule has 0 saturated heterocycles. The molecule has 4 amide bonds. The monoisotopic (exact) mass is 451 g/mol. The van der Waals surface area contributed by atoms with Gasteiger partial charge < -0.3 is 15.4 Å². The Labute approximate surface area is 185 Å². The summed E-state index contributed by atoms with van der Waals surface area (Å²) in [5.74, 6) is -1.83. The van der Waals surface area contributed by atoms with E-state index in [1.165, 1.54) is 18.3 Å². The number of hydrogen-bond donors (Lipinski definition) is 3. The highest BCUT2D eigenvalue weighted by Crippen LogP contribution is 2.17. The molecule has 0 radical (unpaired) electrons. The van der Waals surface area contributed by atoms with E-state index in [4.69, 9.17) is 4.74 Å². The Morgan fingerprint density at radius 1 is 1.10 bits per heavy atom. The second-order valence-electron chi connectivity index (χ2n) is 7.43. The number of Topliss-reactive ketones (excluding diaryl/α,β-unsaturated/α-hetero) is 1. The first-order valence-corrected chi connectivity index (χ1v) is 11.4. The van der Waals surface area contributed by atoms with Crippen molar-refractivity contribution in [3.8, 4) is 0 Å². The number of rotatable bonds is 10. The van der Waals surface area contributed by atoms with Crippen LogP contribution in [0.2, 0.25) is 0 Å². The molecule has 1 aliphatic carbocycles. The van der Waals surface area contributed by atoms with Gasteiger partial charge in [-0.05, 0) is 31.2 Å². The van der Waals surface area contributed by atoms with Crippen LogP contribution in [0.5, 0.6) is 0 Å². The van der Waals surface area contributed by atoms with Crippen LogP contribution in [-0.4, -0.2) is 48.3 Å². The molecule has 31 heavy (non-hydrogen) atoms. The maximum atomic E-state index is 12.0. The van der Waals surface area contributed by atoms with Crippen molar-refractivity contribution in [1.82, 2.24) is 16.0 Å². The van der Waals surface area contributed by atoms with Crippen LogP contribution in [0.25, 0.3) is 0 Å². The van der Waals surface area contributed by atoms with Crippen LogP contribution in [-0.2, 0) is 19.1 Å². The van der Waals surface area contributed by atoms with E-state index in [1.807, 2.05) is 0 Å². The average Bonchev–Trinajstić information content (AvgIpc) is 3.27. The van der Waals surface area contributed by atoms with E-state index < -0.39 is 24.0 Å². The third kappa shape index (κ3) is 9.29. The molecule has 10 heteroatoms. The molecule has 1 aromatic rings. The Bertz CT molecular complexity index is 774. The Morgan fingerprint density at radius 2 is 1.84 bits per heavy atom. The van der Waals surface area contributed by atoms with Crippen LogP contribution in [0, 0.1) is 0 Å². The number of nitrogens with one attached hydrogen (secondary N) is 3. The standard InChI is InChI=1S/C21H29N3O6S/c1-14(20(28)24-21(29)23-15-6-3-2-4-7-15)30-19(27)11-12-22-18(26)10-9-16(25)17-8-5-13-31-17/h5,8,13-15H,2-4,6-7,9-12H2,1H3,(H,22,26)(H2,23,24,28,29)/t14-/m0/s1. The van der Waals surface area contributed by atoms with Crippen molar-refractivity contribution < 1.29 is 28.7 Å². The lowest BCUT2D eigenvalue weighted by Crippen LogP contribution is -2.48. The summed E-state index contributed by atoms with van der Waals surface area (Å²) in [5.41, 5.74) is 0. The van der Waals surface area contributed by atoms with Gasteiger partial charge in [0.05, 0.1) is 11.3 Å². The van der Waals surface area contributed by atoms with Crippen molar-refractivity contribution in [1.29, 1.82) is 0 Å². The first-order valence-electron chi connectivity index (χ1n) is 10.5. The van der Waals surface area contributed by atoms with Gasteiger partial charge in [0.1, 0.15) is 0 Å². The number of ether oxygens (including phenoxy) is 1. The van der Waals surface area contributed by atoms with Gasteiger partial charge >= 0.3 is 12.0 Å². The van der Waals surface area contributed by atoms with Gasteiger partial charge in [-0.25, -0.2) is 4.79 Å². The van der Waals surface area contributed by atoms with Crippen molar-refractivity contribution in [2.45, 2.75) is 70.4 Å². The van der Waals surface area contributed by atoms with Crippen molar-refractivity contribution in [2.24, 2.45) is 0 Å². The van der Waals surface area contributed by atoms with Gasteiger partial charge in [-0.2, -0.15) is 0 Å². The van der Waals surface area contributed by atoms with Crippen molar-refractivity contribution in [3.63, 3.8) is 0 Å². The van der Waals surface area contributed by atoms with E-state index in [0.29, 0.717) is 4.88 Å². The molecule has 0 unspecified atom stereocenters. The predicted octanol–water partition coefficient (Wildman–Crippen LogP) is 2.31. The quantitative estimate of drug-likeness (QED) is 0.370. The van der Waals surface area contributed by atoms with Gasteiger partial charge in [-0.3, -0.25) is 24.5 Å². The Hall–Kier alpha value is -2.75. The number of carbonyl (C=O) groups is 5. The van der Waals surface area contributed by atoms with Gasteiger partial charge in [-0.1, -0.05) is 25.3 Å². The third-order valence-corrected chi connectivity index (χ3v) is 5.79. The molecule has 1 aliphatic rings. The number of ketones is 1. The fraction of sp³-hybridized carbons (Fsp3) is 0.571. The van der Waals surface area contributed by atoms with Crippen LogP contribution in [0.1, 0.15) is 68.0 Å². The number of imide groups is 1. The first-order chi connectivity index (χ1) is 14.8. The highest BCUT2D eigenvalue weighted by Gasteiger charge is 2.22. The lowest BCUT2D eigenvalue weighted by atomic mass is 9.96. The highest BCUT2D eigenvalue weighted by atomic mass is 32.1. The minimum atomic E-state index is -1.14. The number of esters is 1. The zero-order chi connectivity index (χ0) is 22.6. The molecule has 2 rings (SSSR count). The van der Waals surface area contributed by atoms with Crippen molar-refractivity contribution >= 4 is 40.9 Å². The summed E-state index contributed by atoms with van der Waals surface area (Å²) < 4.78 is 5.00. The average molecular weight is 452 g/mol. The maximum Gasteiger partial charge on any atom is 0.321 e. The van der Waals surface area contributed by atoms with Crippen LogP contribution in [0.4, 0.5) is 4.79 Å². The minimum Gasteiger partial charge on any atom is -0.452 e. The largest absolute Gasteiger partial charge is 0.452 e. The zero-order valence-corrected chi connectivity index (χ0v) is 18.4. The van der Waals surface area contributed by atoms with Crippen LogP contribution in [0.15, 0.2) is 17.5 Å². The highest BCUT2D eigenvalue weighted by molar-refractivity contribution is 7.12. The molecule has 3 N–H and O–H groups in total. The molecule has 1 atom stereocenters. The molecule has 0 spiro atoms. The second kappa shape index (κ2) is 12.8. The van der Waals surface area contributed by atoms with Gasteiger partial charge in [0, 0.05) is 25.4 Å². The molecule has 1 aromatic heterocycles. The Kier molecular flexibility index (Phi) is 10.2. The number of amides is 4. The summed E-state index contributed by atoms with van der Waals surface area (Å²) in [6.45, 7) is 1.40. The molecular formula is C21H29N3O6S. The van der Waals surface area contributed by atoms with Crippen molar-refractivity contribution in [2.75, 3.05) is 6.54 Å². The molecule has 0 aromatic carbocycles. The van der Waals surface area contributed by atoms with E-state index in [9.17, 15) is 24.0 Å². The number of carbonyl (C=O) groups excluding carboxylic acids is 5. The SMILES string of the molecule is C[C@H](OC(=O)CCNC(=O)CCC(=O)c1cccs1)C(=O)NC(=O)NC1CCCCC1. The molecular weight excluding hydrogens is 422 g/mol. The summed E-state index contributed by atoms with van der Waals surface area (Å²) in [6.07, 6.45) is 3.89. The maximum absolute atomic E-state index is 12.0. The van der Waals surface area contributed by atoms with Gasteiger partial charge in [0.25, 0.3) is 5.91 Å². The fourth-order valence-corrected chi connectivity index (χ4v) is 3.87. The number of thiophene rings is 1. The topological polar surface area (TPSA) is 131 Å². The Morgan fingerprint density at radius 3 is 2.52 bits per heavy atom. The summed E-state index contributed by atoms with van der Waals surface area (Å²) >= 11 is 1.32. The van der Waals surface area contributed by atoms with E-state index in [0.717, 1.165) is 32.1 Å². The van der Waals surface area contributed by atoms with Crippen LogP contribution >= 0.6 is 11.3 Å². The molecule has 170 valence electrons. The van der Waals surface area contributed by atoms with Gasteiger partial charge in [-0.15, -0.1) is 11.3 Å². The molecule has 1 fully saturated rings. The molecule has 0 bridgehead atoms. The number of urea groups is 1. The summed E-state index contributed by atoms with van der Waals surface area (Å²) in [7, 11) is 0. The third-order valence-electron chi connectivity index (χ3n) is 4.88. The summed E-state index contributed by atoms with van der Waals surface area (Å²) in [5, 5.41) is 9.27. The van der Waals surface area contributed by atoms with E-state index >= 15 is 0 Å².